The van der Waals surface area contributed by atoms with Crippen molar-refractivity contribution in [1.82, 2.24) is 9.97 Å². The van der Waals surface area contributed by atoms with Crippen molar-refractivity contribution in [2.45, 2.75) is 33.6 Å². The number of hydrogen-bond donors (Lipinski definition) is 2. The molecule has 1 aliphatic rings. The highest BCUT2D eigenvalue weighted by Gasteiger charge is 2.17. The molecule has 2 heterocycles. The Balaban J connectivity index is 1.65. The van der Waals surface area contributed by atoms with E-state index in [-0.39, 0.29) is 6.03 Å². The fraction of sp³-hybridized carbons (Fsp3) is 0.421. The van der Waals surface area contributed by atoms with Gasteiger partial charge in [-0.1, -0.05) is 19.1 Å². The molecule has 0 radical (unpaired) electrons. The topological polar surface area (TPSA) is 70.2 Å². The lowest BCUT2D eigenvalue weighted by Crippen LogP contribution is -2.33. The van der Waals surface area contributed by atoms with Gasteiger partial charge in [0.1, 0.15) is 18.0 Å². The SMILES string of the molecule is Cc1cccc(NC(=O)Nc2cc(N3CCC(C)CC3)ncn2)c1C. The number of aryl methyl sites for hydroxylation is 1. The summed E-state index contributed by atoms with van der Waals surface area (Å²) in [6.45, 7) is 8.28. The van der Waals surface area contributed by atoms with Gasteiger partial charge in [0, 0.05) is 24.8 Å². The first-order chi connectivity index (χ1) is 12.0. The zero-order chi connectivity index (χ0) is 17.8. The van der Waals surface area contributed by atoms with E-state index in [4.69, 9.17) is 0 Å². The van der Waals surface area contributed by atoms with Crippen LogP contribution in [0.5, 0.6) is 0 Å². The van der Waals surface area contributed by atoms with Gasteiger partial charge in [0.2, 0.25) is 0 Å². The Morgan fingerprint density at radius 1 is 1.16 bits per heavy atom. The molecular weight excluding hydrogens is 314 g/mol. The summed E-state index contributed by atoms with van der Waals surface area (Å²) in [4.78, 5) is 23.0. The number of anilines is 3. The van der Waals surface area contributed by atoms with Crippen molar-refractivity contribution in [3.8, 4) is 0 Å². The van der Waals surface area contributed by atoms with Crippen molar-refractivity contribution in [2.75, 3.05) is 28.6 Å². The molecule has 3 rings (SSSR count). The summed E-state index contributed by atoms with van der Waals surface area (Å²) in [5.74, 6) is 2.13. The van der Waals surface area contributed by atoms with Crippen molar-refractivity contribution in [3.05, 3.63) is 41.7 Å². The van der Waals surface area contributed by atoms with Crippen molar-refractivity contribution >= 4 is 23.4 Å². The van der Waals surface area contributed by atoms with Gasteiger partial charge >= 0.3 is 6.03 Å². The first kappa shape index (κ1) is 17.2. The third-order valence-corrected chi connectivity index (χ3v) is 4.85. The molecule has 25 heavy (non-hydrogen) atoms. The maximum atomic E-state index is 12.3. The second-order valence-corrected chi connectivity index (χ2v) is 6.76. The van der Waals surface area contributed by atoms with Crippen molar-refractivity contribution in [1.29, 1.82) is 0 Å². The molecule has 1 fully saturated rings. The summed E-state index contributed by atoms with van der Waals surface area (Å²) in [5, 5.41) is 5.68. The lowest BCUT2D eigenvalue weighted by molar-refractivity contribution is 0.262. The predicted molar refractivity (Wildman–Crippen MR) is 101 cm³/mol. The number of nitrogens with zero attached hydrogens (tertiary/aromatic N) is 3. The number of urea groups is 1. The molecule has 1 saturated heterocycles. The Hall–Kier alpha value is -2.63. The molecule has 0 aliphatic carbocycles. The number of carbonyl (C=O) groups is 1. The fourth-order valence-electron chi connectivity index (χ4n) is 2.98. The van der Waals surface area contributed by atoms with E-state index in [1.165, 1.54) is 19.2 Å². The van der Waals surface area contributed by atoms with Crippen LogP contribution in [0.2, 0.25) is 0 Å². The molecule has 132 valence electrons. The van der Waals surface area contributed by atoms with Crippen molar-refractivity contribution in [2.24, 2.45) is 5.92 Å². The van der Waals surface area contributed by atoms with Gasteiger partial charge in [-0.25, -0.2) is 14.8 Å². The average Bonchev–Trinajstić information content (AvgIpc) is 2.60. The van der Waals surface area contributed by atoms with Crippen LogP contribution in [0.15, 0.2) is 30.6 Å². The molecule has 0 unspecified atom stereocenters. The van der Waals surface area contributed by atoms with E-state index in [2.05, 4.69) is 32.4 Å². The molecule has 1 aromatic heterocycles. The molecule has 0 bridgehead atoms. The minimum absolute atomic E-state index is 0.300. The molecule has 0 spiro atoms. The summed E-state index contributed by atoms with van der Waals surface area (Å²) in [5.41, 5.74) is 3.00. The zero-order valence-corrected chi connectivity index (χ0v) is 15.0. The number of nitrogens with one attached hydrogen (secondary N) is 2. The van der Waals surface area contributed by atoms with E-state index in [9.17, 15) is 4.79 Å². The smallest absolute Gasteiger partial charge is 0.324 e. The van der Waals surface area contributed by atoms with Gasteiger partial charge in [0.05, 0.1) is 0 Å². The van der Waals surface area contributed by atoms with Gasteiger partial charge in [0.15, 0.2) is 0 Å². The van der Waals surface area contributed by atoms with Gasteiger partial charge < -0.3 is 10.2 Å². The second kappa shape index (κ2) is 7.51. The third kappa shape index (κ3) is 4.26. The second-order valence-electron chi connectivity index (χ2n) is 6.76. The Kier molecular flexibility index (Phi) is 5.16. The van der Waals surface area contributed by atoms with E-state index < -0.39 is 0 Å². The molecule has 1 aromatic carbocycles. The lowest BCUT2D eigenvalue weighted by Gasteiger charge is -2.31. The van der Waals surface area contributed by atoms with Crippen LogP contribution in [-0.2, 0) is 0 Å². The number of hydrogen-bond acceptors (Lipinski definition) is 4. The average molecular weight is 339 g/mol. The fourth-order valence-corrected chi connectivity index (χ4v) is 2.98. The highest BCUT2D eigenvalue weighted by molar-refractivity contribution is 5.99. The number of aromatic nitrogens is 2. The molecular formula is C19H25N5O. The Morgan fingerprint density at radius 3 is 2.68 bits per heavy atom. The summed E-state index contributed by atoms with van der Waals surface area (Å²) >= 11 is 0. The van der Waals surface area contributed by atoms with Gasteiger partial charge in [-0.3, -0.25) is 5.32 Å². The Labute approximate surface area is 148 Å². The normalized spacial score (nSPS) is 15.1. The van der Waals surface area contributed by atoms with Crippen LogP contribution >= 0.6 is 0 Å². The van der Waals surface area contributed by atoms with Crippen molar-refractivity contribution < 1.29 is 4.79 Å². The number of piperidine rings is 1. The number of benzene rings is 1. The van der Waals surface area contributed by atoms with Gasteiger partial charge in [-0.2, -0.15) is 0 Å². The van der Waals surface area contributed by atoms with Crippen LogP contribution in [0.25, 0.3) is 0 Å². The molecule has 0 atom stereocenters. The monoisotopic (exact) mass is 339 g/mol. The molecule has 2 N–H and O–H groups in total. The van der Waals surface area contributed by atoms with Gasteiger partial charge in [-0.15, -0.1) is 0 Å². The summed E-state index contributed by atoms with van der Waals surface area (Å²) in [6, 6.07) is 7.37. The molecule has 2 aromatic rings. The van der Waals surface area contributed by atoms with E-state index in [0.717, 1.165) is 41.6 Å². The maximum Gasteiger partial charge on any atom is 0.324 e. The maximum absolute atomic E-state index is 12.3. The third-order valence-electron chi connectivity index (χ3n) is 4.85. The zero-order valence-electron chi connectivity index (χ0n) is 15.0. The minimum atomic E-state index is -0.300. The van der Waals surface area contributed by atoms with Crippen LogP contribution in [0.1, 0.15) is 30.9 Å². The van der Waals surface area contributed by atoms with E-state index in [1.54, 1.807) is 0 Å². The van der Waals surface area contributed by atoms with Gasteiger partial charge in [0.25, 0.3) is 0 Å². The highest BCUT2D eigenvalue weighted by atomic mass is 16.2. The summed E-state index contributed by atoms with van der Waals surface area (Å²) in [6.07, 6.45) is 3.83. The molecule has 2 amide bonds. The molecule has 1 aliphatic heterocycles. The quantitative estimate of drug-likeness (QED) is 0.887. The first-order valence-electron chi connectivity index (χ1n) is 8.74. The van der Waals surface area contributed by atoms with Crippen LogP contribution in [0.4, 0.5) is 22.1 Å². The standard InChI is InChI=1S/C19H25N5O/c1-13-7-9-24(10-8-13)18-11-17(20-12-21-18)23-19(25)22-16-6-4-5-14(2)15(16)3/h4-6,11-13H,7-10H2,1-3H3,(H2,20,21,22,23,25). The largest absolute Gasteiger partial charge is 0.356 e. The molecule has 6 heteroatoms. The highest BCUT2D eigenvalue weighted by Crippen LogP contribution is 2.22. The Morgan fingerprint density at radius 2 is 1.92 bits per heavy atom. The van der Waals surface area contributed by atoms with Crippen LogP contribution in [0.3, 0.4) is 0 Å². The van der Waals surface area contributed by atoms with E-state index in [1.807, 2.05) is 38.1 Å². The molecule has 0 saturated carbocycles. The lowest BCUT2D eigenvalue weighted by atomic mass is 9.99. The number of amides is 2. The first-order valence-corrected chi connectivity index (χ1v) is 8.74. The number of carbonyl (C=O) groups excluding carboxylic acids is 1. The van der Waals surface area contributed by atoms with Crippen LogP contribution in [-0.4, -0.2) is 29.1 Å². The van der Waals surface area contributed by atoms with E-state index in [0.29, 0.717) is 5.82 Å². The minimum Gasteiger partial charge on any atom is -0.356 e. The molecule has 6 nitrogen and oxygen atoms in total. The predicted octanol–water partition coefficient (Wildman–Crippen LogP) is 3.97. The van der Waals surface area contributed by atoms with Crippen LogP contribution in [0, 0.1) is 19.8 Å². The van der Waals surface area contributed by atoms with Crippen molar-refractivity contribution in [3.63, 3.8) is 0 Å². The van der Waals surface area contributed by atoms with E-state index >= 15 is 0 Å². The number of rotatable bonds is 3. The van der Waals surface area contributed by atoms with Crippen LogP contribution < -0.4 is 15.5 Å². The summed E-state index contributed by atoms with van der Waals surface area (Å²) < 4.78 is 0. The Bertz CT molecular complexity index is 753. The summed E-state index contributed by atoms with van der Waals surface area (Å²) in [7, 11) is 0. The van der Waals surface area contributed by atoms with Gasteiger partial charge in [-0.05, 0) is 49.8 Å².